The molecule has 0 saturated carbocycles. The van der Waals surface area contributed by atoms with Gasteiger partial charge >= 0.3 is 5.97 Å². The number of piperidine rings is 2. The van der Waals surface area contributed by atoms with Crippen LogP contribution in [0.25, 0.3) is 0 Å². The first-order chi connectivity index (χ1) is 29.0. The van der Waals surface area contributed by atoms with Crippen LogP contribution in [0.3, 0.4) is 0 Å². The summed E-state index contributed by atoms with van der Waals surface area (Å²) in [4.78, 5) is 18.5. The average molecular weight is 862 g/mol. The van der Waals surface area contributed by atoms with Gasteiger partial charge in [-0.15, -0.1) is 0 Å². The van der Waals surface area contributed by atoms with E-state index in [9.17, 15) is 4.79 Å². The van der Waals surface area contributed by atoms with Crippen molar-refractivity contribution in [3.8, 4) is 5.75 Å². The maximum Gasteiger partial charge on any atom is 0.306 e. The Morgan fingerprint density at radius 1 is 0.525 bits per heavy atom. The number of likely N-dealkylation sites (tertiary alicyclic amines) is 3. The van der Waals surface area contributed by atoms with E-state index in [1.165, 1.54) is 148 Å². The highest BCUT2D eigenvalue weighted by molar-refractivity contribution is 5.69. The van der Waals surface area contributed by atoms with Gasteiger partial charge in [-0.3, -0.25) is 4.79 Å². The van der Waals surface area contributed by atoms with Gasteiger partial charge in [0.05, 0.1) is 13.7 Å². The molecule has 4 rings (SSSR count). The van der Waals surface area contributed by atoms with Crippen molar-refractivity contribution in [1.82, 2.24) is 14.7 Å². The highest BCUT2D eigenvalue weighted by Gasteiger charge is 2.12. The Hall–Kier alpha value is -1.67. The number of ether oxygens (including phenoxy) is 3. The number of rotatable bonds is 19. The molecule has 0 amide bonds. The molecule has 0 atom stereocenters. The second kappa shape index (κ2) is 42.3. The molecule has 0 spiro atoms. The first-order valence-electron chi connectivity index (χ1n) is 25.5. The van der Waals surface area contributed by atoms with Gasteiger partial charge in [-0.25, -0.2) is 0 Å². The standard InChI is InChI=1S/C11H23N.C11H16O.C10H21N.C9H19N.C7H14O2.C6H14O/c1-11(2)7-6-10-12-8-4-3-5-9-12;1-9(2)8-10-4-6-11(12-3)7-5-10;1-10(2)6-9-11-7-4-3-5-8-11;1-9(2)5-8-10-6-3-4-7-10;1-4-9-7(8)5-6(2)3;1-6(2)4-5-7-3/h11H,3-10H2,1-2H3;4-7,9H,8H2,1-3H3;10H,3-9H2,1-2H3;9H,3-8H2,1-2H3;6H,4-5H2,1-3H3;6H,4-5H2,1-3H3. The molecule has 0 bridgehead atoms. The molecular formula is C54H107N3O4. The molecule has 7 nitrogen and oxygen atoms in total. The van der Waals surface area contributed by atoms with Crippen molar-refractivity contribution in [2.24, 2.45) is 35.5 Å². The molecule has 7 heteroatoms. The lowest BCUT2D eigenvalue weighted by Gasteiger charge is -2.26. The first-order valence-corrected chi connectivity index (χ1v) is 25.5. The van der Waals surface area contributed by atoms with Gasteiger partial charge in [0.2, 0.25) is 0 Å². The summed E-state index contributed by atoms with van der Waals surface area (Å²) < 4.78 is 14.6. The molecule has 0 radical (unpaired) electrons. The van der Waals surface area contributed by atoms with Crippen molar-refractivity contribution >= 4 is 5.97 Å². The van der Waals surface area contributed by atoms with Crippen LogP contribution in [0.4, 0.5) is 0 Å². The number of carbonyl (C=O) groups excluding carboxylic acids is 1. The van der Waals surface area contributed by atoms with E-state index >= 15 is 0 Å². The van der Waals surface area contributed by atoms with Crippen molar-refractivity contribution in [3.63, 3.8) is 0 Å². The van der Waals surface area contributed by atoms with E-state index in [-0.39, 0.29) is 5.97 Å². The molecule has 0 N–H and O–H groups in total. The van der Waals surface area contributed by atoms with Crippen molar-refractivity contribution in [3.05, 3.63) is 29.8 Å². The molecule has 0 aliphatic carbocycles. The third kappa shape index (κ3) is 44.7. The number of benzene rings is 1. The third-order valence-corrected chi connectivity index (χ3v) is 11.0. The zero-order chi connectivity index (χ0) is 46.3. The van der Waals surface area contributed by atoms with Gasteiger partial charge in [0.25, 0.3) is 0 Å². The molecule has 0 unspecified atom stereocenters. The second-order valence-electron chi connectivity index (χ2n) is 20.3. The second-order valence-corrected chi connectivity index (χ2v) is 20.3. The lowest BCUT2D eigenvalue weighted by Crippen LogP contribution is -2.31. The monoisotopic (exact) mass is 862 g/mol. The molecule has 1 aromatic carbocycles. The number of methoxy groups -OCH3 is 2. The van der Waals surface area contributed by atoms with E-state index in [2.05, 4.69) is 96.1 Å². The average Bonchev–Trinajstić information content (AvgIpc) is 3.74. The fraction of sp³-hybridized carbons (Fsp3) is 0.870. The third-order valence-electron chi connectivity index (χ3n) is 11.0. The molecule has 3 aliphatic rings. The largest absolute Gasteiger partial charge is 0.497 e. The van der Waals surface area contributed by atoms with Gasteiger partial charge in [-0.1, -0.05) is 108 Å². The topological polar surface area (TPSA) is 54.5 Å². The fourth-order valence-electron chi connectivity index (χ4n) is 7.12. The minimum Gasteiger partial charge on any atom is -0.497 e. The summed E-state index contributed by atoms with van der Waals surface area (Å²) in [5.41, 5.74) is 1.38. The van der Waals surface area contributed by atoms with E-state index in [0.29, 0.717) is 18.9 Å². The van der Waals surface area contributed by atoms with Crippen molar-refractivity contribution < 1.29 is 19.0 Å². The molecule has 3 aliphatic heterocycles. The summed E-state index contributed by atoms with van der Waals surface area (Å²) in [5.74, 6) is 5.38. The molecule has 362 valence electrons. The number of hydrogen-bond acceptors (Lipinski definition) is 7. The van der Waals surface area contributed by atoms with Gasteiger partial charge in [0.15, 0.2) is 0 Å². The lowest BCUT2D eigenvalue weighted by molar-refractivity contribution is -0.143. The van der Waals surface area contributed by atoms with Crippen LogP contribution in [0.15, 0.2) is 24.3 Å². The Balaban J connectivity index is 0. The number of carbonyl (C=O) groups is 1. The molecule has 3 fully saturated rings. The quantitative estimate of drug-likeness (QED) is 0.128. The highest BCUT2D eigenvalue weighted by atomic mass is 16.5. The van der Waals surface area contributed by atoms with Crippen molar-refractivity contribution in [1.29, 1.82) is 0 Å². The predicted octanol–water partition coefficient (Wildman–Crippen LogP) is 13.7. The van der Waals surface area contributed by atoms with Crippen LogP contribution in [0.2, 0.25) is 0 Å². The SMILES string of the molecule is CC(C)CCCN1CCCCC1.CC(C)CCN1CCCC1.CC(C)CCN1CCCCC1.CCOC(=O)CC(C)C.COCCC(C)C.COc1ccc(CC(C)C)cc1. The fourth-order valence-corrected chi connectivity index (χ4v) is 7.12. The summed E-state index contributed by atoms with van der Waals surface area (Å²) in [6.45, 7) is 42.0. The van der Waals surface area contributed by atoms with Crippen LogP contribution in [0.1, 0.15) is 185 Å². The Kier molecular flexibility index (Phi) is 42.6. The smallest absolute Gasteiger partial charge is 0.306 e. The Bertz CT molecular complexity index is 1040. The van der Waals surface area contributed by atoms with Gasteiger partial charge < -0.3 is 28.9 Å². The van der Waals surface area contributed by atoms with E-state index in [4.69, 9.17) is 14.2 Å². The lowest BCUT2D eigenvalue weighted by atomic mass is 10.0. The van der Waals surface area contributed by atoms with Crippen molar-refractivity contribution in [2.45, 2.75) is 186 Å². The Labute approximate surface area is 382 Å². The molecule has 0 aromatic heterocycles. The number of hydrogen-bond donors (Lipinski definition) is 0. The summed E-state index contributed by atoms with van der Waals surface area (Å²) in [6, 6.07) is 8.27. The zero-order valence-corrected chi connectivity index (χ0v) is 43.6. The summed E-state index contributed by atoms with van der Waals surface area (Å²) in [6.07, 6.45) is 19.9. The zero-order valence-electron chi connectivity index (χ0n) is 43.6. The maximum absolute atomic E-state index is 10.6. The van der Waals surface area contributed by atoms with E-state index in [1.54, 1.807) is 14.2 Å². The molecule has 1 aromatic rings. The van der Waals surface area contributed by atoms with E-state index in [0.717, 1.165) is 48.4 Å². The molecular weight excluding hydrogens is 755 g/mol. The summed E-state index contributed by atoms with van der Waals surface area (Å²) >= 11 is 0. The van der Waals surface area contributed by atoms with Gasteiger partial charge in [-0.2, -0.15) is 0 Å². The Morgan fingerprint density at radius 2 is 0.934 bits per heavy atom. The van der Waals surface area contributed by atoms with Crippen LogP contribution in [-0.4, -0.2) is 107 Å². The van der Waals surface area contributed by atoms with Gasteiger partial charge in [0.1, 0.15) is 5.75 Å². The van der Waals surface area contributed by atoms with Crippen LogP contribution in [0, 0.1) is 35.5 Å². The van der Waals surface area contributed by atoms with Crippen LogP contribution < -0.4 is 4.74 Å². The first kappa shape index (κ1) is 61.4. The predicted molar refractivity (Wildman–Crippen MR) is 268 cm³/mol. The normalized spacial score (nSPS) is 15.8. The maximum atomic E-state index is 10.6. The molecule has 3 saturated heterocycles. The van der Waals surface area contributed by atoms with E-state index < -0.39 is 0 Å². The minimum atomic E-state index is -0.0903. The summed E-state index contributed by atoms with van der Waals surface area (Å²) in [7, 11) is 3.43. The number of nitrogens with zero attached hydrogens (tertiary/aromatic N) is 3. The van der Waals surface area contributed by atoms with Crippen LogP contribution >= 0.6 is 0 Å². The molecule has 61 heavy (non-hydrogen) atoms. The van der Waals surface area contributed by atoms with Crippen molar-refractivity contribution in [2.75, 3.05) is 86.3 Å². The summed E-state index contributed by atoms with van der Waals surface area (Å²) in [5, 5.41) is 0. The Morgan fingerprint density at radius 3 is 1.26 bits per heavy atom. The highest BCUT2D eigenvalue weighted by Crippen LogP contribution is 2.15. The van der Waals surface area contributed by atoms with Gasteiger partial charge in [-0.05, 0) is 196 Å². The van der Waals surface area contributed by atoms with Crippen LogP contribution in [0.5, 0.6) is 5.75 Å². The van der Waals surface area contributed by atoms with Gasteiger partial charge in [0, 0.05) is 20.1 Å². The number of esters is 1. The minimum absolute atomic E-state index is 0.0903. The van der Waals surface area contributed by atoms with Crippen LogP contribution in [-0.2, 0) is 20.7 Å². The molecule has 3 heterocycles. The van der Waals surface area contributed by atoms with E-state index in [1.807, 2.05) is 32.9 Å².